The van der Waals surface area contributed by atoms with E-state index in [2.05, 4.69) is 5.92 Å². The summed E-state index contributed by atoms with van der Waals surface area (Å²) in [6.07, 6.45) is 5.06. The standard InChI is InChI=1S/C6H11O2P/c1-5-6(2,3)8-9(4)7/h1,9H,2-4H3. The lowest BCUT2D eigenvalue weighted by Gasteiger charge is -2.15. The minimum Gasteiger partial charge on any atom is -0.311 e. The van der Waals surface area contributed by atoms with Crippen molar-refractivity contribution < 1.29 is 9.09 Å². The van der Waals surface area contributed by atoms with E-state index in [1.54, 1.807) is 13.8 Å². The fourth-order valence-electron chi connectivity index (χ4n) is 0.389. The van der Waals surface area contributed by atoms with E-state index in [1.807, 2.05) is 0 Å². The summed E-state index contributed by atoms with van der Waals surface area (Å²) in [7, 11) is -1.90. The number of rotatable bonds is 2. The van der Waals surface area contributed by atoms with E-state index in [-0.39, 0.29) is 0 Å². The Morgan fingerprint density at radius 3 is 2.22 bits per heavy atom. The minimum absolute atomic E-state index is 0.676. The van der Waals surface area contributed by atoms with E-state index >= 15 is 0 Å². The van der Waals surface area contributed by atoms with E-state index in [1.165, 1.54) is 6.66 Å². The summed E-state index contributed by atoms with van der Waals surface area (Å²) in [6, 6.07) is 0. The Bertz CT molecular complexity index is 155. The zero-order chi connectivity index (χ0) is 7.49. The predicted molar refractivity (Wildman–Crippen MR) is 38.9 cm³/mol. The molecular formula is C6H11O2P. The van der Waals surface area contributed by atoms with Crippen LogP contribution in [0.2, 0.25) is 0 Å². The van der Waals surface area contributed by atoms with Gasteiger partial charge >= 0.3 is 0 Å². The van der Waals surface area contributed by atoms with Crippen molar-refractivity contribution in [3.8, 4) is 12.3 Å². The van der Waals surface area contributed by atoms with Crippen LogP contribution in [-0.2, 0) is 9.09 Å². The summed E-state index contributed by atoms with van der Waals surface area (Å²) >= 11 is 0. The van der Waals surface area contributed by atoms with Crippen LogP contribution in [0.1, 0.15) is 13.8 Å². The van der Waals surface area contributed by atoms with Crippen LogP contribution in [0.4, 0.5) is 0 Å². The molecule has 0 heterocycles. The maximum Gasteiger partial charge on any atom is 0.190 e. The summed E-state index contributed by atoms with van der Waals surface area (Å²) in [4.78, 5) is 0. The Morgan fingerprint density at radius 1 is 1.67 bits per heavy atom. The Morgan fingerprint density at radius 2 is 2.11 bits per heavy atom. The van der Waals surface area contributed by atoms with Crippen LogP contribution in [-0.4, -0.2) is 12.3 Å². The Labute approximate surface area is 56.5 Å². The van der Waals surface area contributed by atoms with Crippen molar-refractivity contribution in [3.63, 3.8) is 0 Å². The first-order valence-corrected chi connectivity index (χ1v) is 4.47. The average Bonchev–Trinajstić information content (AvgIpc) is 1.63. The molecule has 52 valence electrons. The van der Waals surface area contributed by atoms with Gasteiger partial charge in [0.1, 0.15) is 5.60 Å². The highest BCUT2D eigenvalue weighted by molar-refractivity contribution is 7.38. The Balaban J connectivity index is 3.91. The monoisotopic (exact) mass is 146 g/mol. The van der Waals surface area contributed by atoms with Crippen LogP contribution in [0.3, 0.4) is 0 Å². The summed E-state index contributed by atoms with van der Waals surface area (Å²) in [5, 5.41) is 0. The van der Waals surface area contributed by atoms with Crippen molar-refractivity contribution in [1.82, 2.24) is 0 Å². The van der Waals surface area contributed by atoms with E-state index in [0.717, 1.165) is 0 Å². The lowest BCUT2D eigenvalue weighted by atomic mass is 10.2. The van der Waals surface area contributed by atoms with Gasteiger partial charge in [0.15, 0.2) is 8.03 Å². The maximum atomic E-state index is 10.5. The Kier molecular flexibility index (Phi) is 2.97. The molecule has 0 fully saturated rings. The fourth-order valence-corrected chi connectivity index (χ4v) is 1.17. The van der Waals surface area contributed by atoms with Gasteiger partial charge in [-0.1, -0.05) is 5.92 Å². The zero-order valence-electron chi connectivity index (χ0n) is 5.89. The molecule has 1 atom stereocenters. The number of hydrogen-bond acceptors (Lipinski definition) is 2. The van der Waals surface area contributed by atoms with Crippen LogP contribution in [0.25, 0.3) is 0 Å². The molecule has 0 aliphatic rings. The van der Waals surface area contributed by atoms with Crippen LogP contribution in [0.5, 0.6) is 0 Å². The second-order valence-corrected chi connectivity index (χ2v) is 3.44. The quantitative estimate of drug-likeness (QED) is 0.436. The first-order chi connectivity index (χ1) is 3.98. The van der Waals surface area contributed by atoms with Crippen molar-refractivity contribution in [2.45, 2.75) is 19.4 Å². The average molecular weight is 146 g/mol. The second kappa shape index (κ2) is 3.06. The molecule has 1 unspecified atom stereocenters. The minimum atomic E-state index is -1.90. The van der Waals surface area contributed by atoms with Gasteiger partial charge < -0.3 is 4.52 Å². The van der Waals surface area contributed by atoms with E-state index in [9.17, 15) is 4.57 Å². The van der Waals surface area contributed by atoms with Crippen molar-refractivity contribution in [1.29, 1.82) is 0 Å². The zero-order valence-corrected chi connectivity index (χ0v) is 6.89. The number of terminal acetylenes is 1. The van der Waals surface area contributed by atoms with Crippen LogP contribution >= 0.6 is 8.03 Å². The highest BCUT2D eigenvalue weighted by Gasteiger charge is 2.14. The summed E-state index contributed by atoms with van der Waals surface area (Å²) < 4.78 is 15.4. The van der Waals surface area contributed by atoms with Gasteiger partial charge in [0, 0.05) is 6.66 Å². The molecule has 0 amide bonds. The number of hydrogen-bond donors (Lipinski definition) is 0. The third-order valence-corrected chi connectivity index (χ3v) is 1.54. The molecule has 0 aromatic rings. The van der Waals surface area contributed by atoms with Gasteiger partial charge in [-0.3, -0.25) is 4.57 Å². The van der Waals surface area contributed by atoms with E-state index in [4.69, 9.17) is 10.9 Å². The molecule has 0 aromatic heterocycles. The highest BCUT2D eigenvalue weighted by Crippen LogP contribution is 2.24. The molecule has 0 saturated carbocycles. The normalized spacial score (nSPS) is 14.4. The highest BCUT2D eigenvalue weighted by atomic mass is 31.1. The third-order valence-electron chi connectivity index (χ3n) is 0.746. The van der Waals surface area contributed by atoms with Gasteiger partial charge in [-0.15, -0.1) is 6.42 Å². The summed E-state index contributed by atoms with van der Waals surface area (Å²) in [5.74, 6) is 2.38. The molecule has 0 rings (SSSR count). The first-order valence-electron chi connectivity index (χ1n) is 2.65. The summed E-state index contributed by atoms with van der Waals surface area (Å²) in [5.41, 5.74) is -0.676. The molecule has 0 aliphatic heterocycles. The fraction of sp³-hybridized carbons (Fsp3) is 0.667. The topological polar surface area (TPSA) is 26.3 Å². The molecule has 2 nitrogen and oxygen atoms in total. The van der Waals surface area contributed by atoms with Gasteiger partial charge in [0.2, 0.25) is 0 Å². The molecule has 0 aliphatic carbocycles. The van der Waals surface area contributed by atoms with Crippen molar-refractivity contribution in [3.05, 3.63) is 0 Å². The van der Waals surface area contributed by atoms with E-state index in [0.29, 0.717) is 0 Å². The van der Waals surface area contributed by atoms with Crippen molar-refractivity contribution in [2.24, 2.45) is 0 Å². The van der Waals surface area contributed by atoms with Gasteiger partial charge in [-0.25, -0.2) is 0 Å². The van der Waals surface area contributed by atoms with E-state index < -0.39 is 13.6 Å². The van der Waals surface area contributed by atoms with Crippen LogP contribution < -0.4 is 0 Å². The Hall–Kier alpha value is -0.250. The van der Waals surface area contributed by atoms with Crippen molar-refractivity contribution >= 4 is 8.03 Å². The smallest absolute Gasteiger partial charge is 0.190 e. The molecule has 0 saturated heterocycles. The van der Waals surface area contributed by atoms with Gasteiger partial charge in [0.05, 0.1) is 0 Å². The SMILES string of the molecule is C#CC(C)(C)O[PH](C)=O. The van der Waals surface area contributed by atoms with Crippen LogP contribution in [0, 0.1) is 12.3 Å². The molecule has 9 heavy (non-hydrogen) atoms. The van der Waals surface area contributed by atoms with Gasteiger partial charge in [-0.05, 0) is 13.8 Å². The maximum absolute atomic E-state index is 10.5. The molecule has 0 N–H and O–H groups in total. The van der Waals surface area contributed by atoms with Crippen molar-refractivity contribution in [2.75, 3.05) is 6.66 Å². The lowest BCUT2D eigenvalue weighted by molar-refractivity contribution is 0.188. The van der Waals surface area contributed by atoms with Gasteiger partial charge in [-0.2, -0.15) is 0 Å². The molecule has 3 heteroatoms. The van der Waals surface area contributed by atoms with Gasteiger partial charge in [0.25, 0.3) is 0 Å². The third kappa shape index (κ3) is 4.27. The first kappa shape index (κ1) is 8.75. The lowest BCUT2D eigenvalue weighted by Crippen LogP contribution is -2.17. The molecular weight excluding hydrogens is 135 g/mol. The molecule has 0 bridgehead atoms. The summed E-state index contributed by atoms with van der Waals surface area (Å²) in [6.45, 7) is 4.93. The molecule has 0 spiro atoms. The van der Waals surface area contributed by atoms with Crippen LogP contribution in [0.15, 0.2) is 0 Å². The predicted octanol–water partition coefficient (Wildman–Crippen LogP) is 1.52. The molecule has 0 aromatic carbocycles. The largest absolute Gasteiger partial charge is 0.311 e. The second-order valence-electron chi connectivity index (χ2n) is 2.25. The molecule has 0 radical (unpaired) electrons.